The van der Waals surface area contributed by atoms with Crippen molar-refractivity contribution >= 4 is 17.4 Å². The summed E-state index contributed by atoms with van der Waals surface area (Å²) in [5, 5.41) is 0. The van der Waals surface area contributed by atoms with Gasteiger partial charge in [0, 0.05) is 19.2 Å². The lowest BCUT2D eigenvalue weighted by Gasteiger charge is -2.22. The number of hydrogen-bond acceptors (Lipinski definition) is 4. The van der Waals surface area contributed by atoms with E-state index in [2.05, 4.69) is 4.98 Å². The Bertz CT molecular complexity index is 974. The molecule has 0 spiro atoms. The van der Waals surface area contributed by atoms with E-state index >= 15 is 0 Å². The van der Waals surface area contributed by atoms with E-state index in [0.717, 1.165) is 32.1 Å². The van der Waals surface area contributed by atoms with Crippen molar-refractivity contribution in [2.75, 3.05) is 17.7 Å². The monoisotopic (exact) mass is 370 g/mol. The molecule has 0 saturated heterocycles. The molecule has 27 heavy (non-hydrogen) atoms. The van der Waals surface area contributed by atoms with Crippen LogP contribution in [0.1, 0.15) is 54.1 Å². The molecule has 144 valence electrons. The van der Waals surface area contributed by atoms with Crippen LogP contribution in [-0.2, 0) is 19.4 Å². The second-order valence-corrected chi connectivity index (χ2v) is 7.05. The van der Waals surface area contributed by atoms with Gasteiger partial charge in [-0.25, -0.2) is 4.79 Å². The molecule has 1 heterocycles. The quantitative estimate of drug-likeness (QED) is 0.841. The fourth-order valence-corrected chi connectivity index (χ4v) is 3.60. The summed E-state index contributed by atoms with van der Waals surface area (Å²) in [7, 11) is 1.51. The number of anilines is 2. The highest BCUT2D eigenvalue weighted by atomic mass is 16.2. The third-order valence-electron chi connectivity index (χ3n) is 5.18. The van der Waals surface area contributed by atoms with Gasteiger partial charge in [-0.3, -0.25) is 19.1 Å². The molecule has 0 unspecified atom stereocenters. The topological polar surface area (TPSA) is 101 Å². The SMILES string of the molecule is CCCCn1c(N)c(N(C)C(=O)c2ccc3c(c2)CCCC3)c(=O)[nH]c1=O. The van der Waals surface area contributed by atoms with Gasteiger partial charge in [0.15, 0.2) is 5.69 Å². The zero-order valence-electron chi connectivity index (χ0n) is 15.9. The van der Waals surface area contributed by atoms with E-state index in [9.17, 15) is 14.4 Å². The molecule has 7 heteroatoms. The number of carbonyl (C=O) groups excluding carboxylic acids is 1. The summed E-state index contributed by atoms with van der Waals surface area (Å²) in [6.45, 7) is 2.39. The van der Waals surface area contributed by atoms with E-state index in [1.165, 1.54) is 34.1 Å². The zero-order valence-corrected chi connectivity index (χ0v) is 15.9. The molecule has 0 bridgehead atoms. The molecule has 1 aliphatic rings. The van der Waals surface area contributed by atoms with Crippen LogP contribution in [0.4, 0.5) is 11.5 Å². The molecule has 1 amide bonds. The molecule has 1 aromatic carbocycles. The number of nitrogens with one attached hydrogen (secondary N) is 1. The van der Waals surface area contributed by atoms with Gasteiger partial charge >= 0.3 is 5.69 Å². The molecule has 1 aromatic heterocycles. The van der Waals surface area contributed by atoms with Crippen molar-refractivity contribution in [3.8, 4) is 0 Å². The smallest absolute Gasteiger partial charge is 0.330 e. The largest absolute Gasteiger partial charge is 0.383 e. The van der Waals surface area contributed by atoms with Crippen molar-refractivity contribution in [1.82, 2.24) is 9.55 Å². The minimum absolute atomic E-state index is 0.00780. The Balaban J connectivity index is 1.97. The second kappa shape index (κ2) is 7.82. The van der Waals surface area contributed by atoms with E-state index in [4.69, 9.17) is 5.73 Å². The number of aromatic nitrogens is 2. The molecular weight excluding hydrogens is 344 g/mol. The van der Waals surface area contributed by atoms with Crippen molar-refractivity contribution in [3.63, 3.8) is 0 Å². The van der Waals surface area contributed by atoms with Gasteiger partial charge in [-0.2, -0.15) is 0 Å². The van der Waals surface area contributed by atoms with Gasteiger partial charge in [-0.05, 0) is 55.4 Å². The van der Waals surface area contributed by atoms with Crippen LogP contribution in [-0.4, -0.2) is 22.5 Å². The number of rotatable bonds is 5. The minimum Gasteiger partial charge on any atom is -0.383 e. The first kappa shape index (κ1) is 18.9. The Hall–Kier alpha value is -2.83. The summed E-state index contributed by atoms with van der Waals surface area (Å²) in [5.74, 6) is -0.299. The Labute approximate surface area is 157 Å². The zero-order chi connectivity index (χ0) is 19.6. The number of nitrogens with zero attached hydrogens (tertiary/aromatic N) is 2. The first-order valence-electron chi connectivity index (χ1n) is 9.46. The Morgan fingerprint density at radius 2 is 1.93 bits per heavy atom. The highest BCUT2D eigenvalue weighted by molar-refractivity contribution is 6.07. The lowest BCUT2D eigenvalue weighted by atomic mass is 9.90. The van der Waals surface area contributed by atoms with Crippen molar-refractivity contribution in [3.05, 3.63) is 55.7 Å². The highest BCUT2D eigenvalue weighted by Crippen LogP contribution is 2.24. The number of benzene rings is 1. The molecule has 0 radical (unpaired) electrons. The summed E-state index contributed by atoms with van der Waals surface area (Å²) >= 11 is 0. The first-order chi connectivity index (χ1) is 12.9. The summed E-state index contributed by atoms with van der Waals surface area (Å²) in [4.78, 5) is 40.9. The Morgan fingerprint density at radius 3 is 2.63 bits per heavy atom. The number of aryl methyl sites for hydroxylation is 2. The molecular formula is C20H26N4O3. The lowest BCUT2D eigenvalue weighted by molar-refractivity contribution is 0.0992. The van der Waals surface area contributed by atoms with Gasteiger partial charge < -0.3 is 10.6 Å². The maximum absolute atomic E-state index is 13.0. The van der Waals surface area contributed by atoms with Crippen LogP contribution in [0.5, 0.6) is 0 Å². The normalized spacial score (nSPS) is 13.3. The molecule has 3 N–H and O–H groups in total. The summed E-state index contributed by atoms with van der Waals surface area (Å²) in [6.07, 6.45) is 5.92. The van der Waals surface area contributed by atoms with E-state index in [-0.39, 0.29) is 17.4 Å². The van der Waals surface area contributed by atoms with Gasteiger partial charge in [0.05, 0.1) is 0 Å². The molecule has 2 aromatic rings. The van der Waals surface area contributed by atoms with Gasteiger partial charge in [-0.15, -0.1) is 0 Å². The number of fused-ring (bicyclic) bond motifs is 1. The van der Waals surface area contributed by atoms with Gasteiger partial charge in [0.25, 0.3) is 11.5 Å². The number of amides is 1. The van der Waals surface area contributed by atoms with Crippen LogP contribution in [0, 0.1) is 0 Å². The van der Waals surface area contributed by atoms with Gasteiger partial charge in [-0.1, -0.05) is 19.4 Å². The third kappa shape index (κ3) is 3.67. The van der Waals surface area contributed by atoms with E-state index in [1.54, 1.807) is 6.07 Å². The summed E-state index contributed by atoms with van der Waals surface area (Å²) < 4.78 is 1.32. The van der Waals surface area contributed by atoms with Crippen molar-refractivity contribution in [1.29, 1.82) is 0 Å². The standard InChI is InChI=1S/C20H26N4O3/c1-3-4-11-24-17(21)16(18(25)22-20(24)27)23(2)19(26)15-10-9-13-7-5-6-8-14(13)12-15/h9-10,12H,3-8,11,21H2,1-2H3,(H,22,25,27). The van der Waals surface area contributed by atoms with Crippen LogP contribution >= 0.6 is 0 Å². The molecule has 1 aliphatic carbocycles. The lowest BCUT2D eigenvalue weighted by Crippen LogP contribution is -2.39. The van der Waals surface area contributed by atoms with Crippen LogP contribution in [0.15, 0.2) is 27.8 Å². The van der Waals surface area contributed by atoms with Gasteiger partial charge in [0.1, 0.15) is 5.82 Å². The molecule has 0 fully saturated rings. The number of aromatic amines is 1. The Morgan fingerprint density at radius 1 is 1.22 bits per heavy atom. The molecule has 0 atom stereocenters. The number of nitrogens with two attached hydrogens (primary N) is 1. The fourth-order valence-electron chi connectivity index (χ4n) is 3.60. The summed E-state index contributed by atoms with van der Waals surface area (Å²) in [5.41, 5.74) is 7.90. The number of carbonyl (C=O) groups is 1. The van der Waals surface area contributed by atoms with E-state index < -0.39 is 11.2 Å². The Kier molecular flexibility index (Phi) is 5.48. The van der Waals surface area contributed by atoms with E-state index in [1.807, 2.05) is 19.1 Å². The maximum atomic E-state index is 13.0. The predicted octanol–water partition coefficient (Wildman–Crippen LogP) is 2.07. The average Bonchev–Trinajstić information content (AvgIpc) is 2.66. The molecule has 0 saturated carbocycles. The number of H-pyrrole nitrogens is 1. The predicted molar refractivity (Wildman–Crippen MR) is 106 cm³/mol. The van der Waals surface area contributed by atoms with Crippen LogP contribution in [0.2, 0.25) is 0 Å². The third-order valence-corrected chi connectivity index (χ3v) is 5.18. The summed E-state index contributed by atoms with van der Waals surface area (Å²) in [6, 6.07) is 5.69. The van der Waals surface area contributed by atoms with E-state index in [0.29, 0.717) is 12.1 Å². The average molecular weight is 370 g/mol. The fraction of sp³-hybridized carbons (Fsp3) is 0.450. The number of hydrogen-bond donors (Lipinski definition) is 2. The van der Waals surface area contributed by atoms with Crippen molar-refractivity contribution in [2.24, 2.45) is 0 Å². The molecule has 7 nitrogen and oxygen atoms in total. The first-order valence-corrected chi connectivity index (χ1v) is 9.46. The van der Waals surface area contributed by atoms with Crippen molar-refractivity contribution < 1.29 is 4.79 Å². The van der Waals surface area contributed by atoms with Gasteiger partial charge in [0.2, 0.25) is 0 Å². The molecule has 3 rings (SSSR count). The second-order valence-electron chi connectivity index (χ2n) is 7.05. The number of nitrogen functional groups attached to an aromatic ring is 1. The number of unbranched alkanes of at least 4 members (excludes halogenated alkanes) is 1. The van der Waals surface area contributed by atoms with Crippen LogP contribution in [0.3, 0.4) is 0 Å². The maximum Gasteiger partial charge on any atom is 0.330 e. The molecule has 0 aliphatic heterocycles. The van der Waals surface area contributed by atoms with Crippen LogP contribution in [0.25, 0.3) is 0 Å². The van der Waals surface area contributed by atoms with Crippen molar-refractivity contribution in [2.45, 2.75) is 52.0 Å². The van der Waals surface area contributed by atoms with Crippen LogP contribution < -0.4 is 21.9 Å². The highest BCUT2D eigenvalue weighted by Gasteiger charge is 2.23. The minimum atomic E-state index is -0.654.